The molecule has 1 rings (SSSR count). The number of aromatic nitrogens is 2. The Kier molecular flexibility index (Phi) is 5.06. The van der Waals surface area contributed by atoms with Gasteiger partial charge in [-0.15, -0.1) is 0 Å². The van der Waals surface area contributed by atoms with E-state index >= 15 is 0 Å². The number of ether oxygens (including phenoxy) is 1. The Morgan fingerprint density at radius 1 is 1.60 bits per heavy atom. The fourth-order valence-electron chi connectivity index (χ4n) is 0.901. The van der Waals surface area contributed by atoms with Crippen molar-refractivity contribution in [3.8, 4) is 0 Å². The molecule has 5 nitrogen and oxygen atoms in total. The van der Waals surface area contributed by atoms with Gasteiger partial charge in [-0.05, 0) is 6.07 Å². The van der Waals surface area contributed by atoms with Crippen LogP contribution in [0.3, 0.4) is 0 Å². The Labute approximate surface area is 92.4 Å². The first-order chi connectivity index (χ1) is 7.24. The van der Waals surface area contributed by atoms with E-state index in [1.807, 2.05) is 0 Å². The number of rotatable bonds is 5. The molecule has 0 fully saturated rings. The molecule has 0 radical (unpaired) electrons. The van der Waals surface area contributed by atoms with Gasteiger partial charge in [-0.1, -0.05) is 0 Å². The first kappa shape index (κ1) is 11.9. The average Bonchev–Trinajstić information content (AvgIpc) is 2.29. The van der Waals surface area contributed by atoms with Gasteiger partial charge in [-0.25, -0.2) is 9.97 Å². The van der Waals surface area contributed by atoms with Gasteiger partial charge in [-0.3, -0.25) is 4.79 Å². The van der Waals surface area contributed by atoms with Crippen molar-refractivity contribution in [2.45, 2.75) is 11.8 Å². The zero-order valence-electron chi connectivity index (χ0n) is 8.42. The Bertz CT molecular complexity index is 307. The SMILES string of the molecule is COC(=O)C(N)CSCc1ncccn1. The molecule has 0 spiro atoms. The van der Waals surface area contributed by atoms with Crippen molar-refractivity contribution < 1.29 is 9.53 Å². The van der Waals surface area contributed by atoms with E-state index in [9.17, 15) is 4.79 Å². The summed E-state index contributed by atoms with van der Waals surface area (Å²) in [6.07, 6.45) is 3.37. The summed E-state index contributed by atoms with van der Waals surface area (Å²) in [4.78, 5) is 19.1. The predicted molar refractivity (Wildman–Crippen MR) is 58.2 cm³/mol. The third-order valence-corrected chi connectivity index (χ3v) is 2.71. The quantitative estimate of drug-likeness (QED) is 0.724. The van der Waals surface area contributed by atoms with Crippen LogP contribution in [-0.2, 0) is 15.3 Å². The maximum atomic E-state index is 11.0. The Morgan fingerprint density at radius 3 is 2.87 bits per heavy atom. The maximum absolute atomic E-state index is 11.0. The van der Waals surface area contributed by atoms with Crippen LogP contribution < -0.4 is 5.73 Å². The number of hydrogen-bond acceptors (Lipinski definition) is 6. The lowest BCUT2D eigenvalue weighted by atomic mass is 10.4. The third kappa shape index (κ3) is 4.26. The molecule has 82 valence electrons. The van der Waals surface area contributed by atoms with Crippen LogP contribution in [0.4, 0.5) is 0 Å². The molecular formula is C9H13N3O2S. The molecular weight excluding hydrogens is 214 g/mol. The van der Waals surface area contributed by atoms with Crippen LogP contribution in [0.1, 0.15) is 5.82 Å². The van der Waals surface area contributed by atoms with E-state index in [4.69, 9.17) is 5.73 Å². The summed E-state index contributed by atoms with van der Waals surface area (Å²) in [6.45, 7) is 0. The lowest BCUT2D eigenvalue weighted by Gasteiger charge is -2.07. The van der Waals surface area contributed by atoms with Gasteiger partial charge < -0.3 is 10.5 Å². The minimum Gasteiger partial charge on any atom is -0.468 e. The van der Waals surface area contributed by atoms with Gasteiger partial charge in [0.15, 0.2) is 0 Å². The van der Waals surface area contributed by atoms with Crippen LogP contribution in [0.5, 0.6) is 0 Å². The van der Waals surface area contributed by atoms with Gasteiger partial charge in [0.1, 0.15) is 11.9 Å². The number of carbonyl (C=O) groups excluding carboxylic acids is 1. The van der Waals surface area contributed by atoms with Crippen molar-refractivity contribution in [3.05, 3.63) is 24.3 Å². The van der Waals surface area contributed by atoms with E-state index < -0.39 is 12.0 Å². The molecule has 1 unspecified atom stereocenters. The summed E-state index contributed by atoms with van der Waals surface area (Å²) < 4.78 is 4.51. The minimum atomic E-state index is -0.580. The second-order valence-corrected chi connectivity index (χ2v) is 3.84. The molecule has 0 bridgehead atoms. The highest BCUT2D eigenvalue weighted by Gasteiger charge is 2.13. The summed E-state index contributed by atoms with van der Waals surface area (Å²) in [6, 6.07) is 1.18. The molecule has 0 amide bonds. The number of hydrogen-bond donors (Lipinski definition) is 1. The lowest BCUT2D eigenvalue weighted by Crippen LogP contribution is -2.33. The maximum Gasteiger partial charge on any atom is 0.323 e. The molecule has 6 heteroatoms. The number of carbonyl (C=O) groups is 1. The van der Waals surface area contributed by atoms with Crippen molar-refractivity contribution >= 4 is 17.7 Å². The molecule has 1 heterocycles. The highest BCUT2D eigenvalue weighted by molar-refractivity contribution is 7.98. The van der Waals surface area contributed by atoms with Crippen molar-refractivity contribution in [1.29, 1.82) is 0 Å². The van der Waals surface area contributed by atoms with Crippen molar-refractivity contribution in [2.24, 2.45) is 5.73 Å². The largest absolute Gasteiger partial charge is 0.468 e. The minimum absolute atomic E-state index is 0.392. The second-order valence-electron chi connectivity index (χ2n) is 2.81. The van der Waals surface area contributed by atoms with E-state index in [1.165, 1.54) is 18.9 Å². The Balaban J connectivity index is 2.25. The Morgan fingerprint density at radius 2 is 2.27 bits per heavy atom. The van der Waals surface area contributed by atoms with Crippen molar-refractivity contribution in [2.75, 3.05) is 12.9 Å². The van der Waals surface area contributed by atoms with Gasteiger partial charge in [0, 0.05) is 18.1 Å². The fourth-order valence-corrected chi connectivity index (χ4v) is 1.74. The smallest absolute Gasteiger partial charge is 0.323 e. The molecule has 0 aliphatic heterocycles. The predicted octanol–water partition coefficient (Wildman–Crippen LogP) is 0.210. The van der Waals surface area contributed by atoms with Crippen LogP contribution in [0.25, 0.3) is 0 Å². The molecule has 0 aliphatic rings. The number of thioether (sulfide) groups is 1. The summed E-state index contributed by atoms with van der Waals surface area (Å²) in [5.41, 5.74) is 5.56. The fraction of sp³-hybridized carbons (Fsp3) is 0.444. The monoisotopic (exact) mass is 227 g/mol. The number of methoxy groups -OCH3 is 1. The molecule has 1 aromatic rings. The zero-order chi connectivity index (χ0) is 11.1. The molecule has 0 aromatic carbocycles. The molecule has 0 saturated carbocycles. The number of nitrogens with two attached hydrogens (primary N) is 1. The van der Waals surface area contributed by atoms with Crippen LogP contribution >= 0.6 is 11.8 Å². The summed E-state index contributed by atoms with van der Waals surface area (Å²) in [5.74, 6) is 1.49. The molecule has 0 saturated heterocycles. The summed E-state index contributed by atoms with van der Waals surface area (Å²) in [5, 5.41) is 0. The van der Waals surface area contributed by atoms with Gasteiger partial charge >= 0.3 is 5.97 Å². The molecule has 1 aromatic heterocycles. The first-order valence-electron chi connectivity index (χ1n) is 4.41. The Hall–Kier alpha value is -1.14. The standard InChI is InChI=1S/C9H13N3O2S/c1-14-9(13)7(10)5-15-6-8-11-3-2-4-12-8/h2-4,7H,5-6,10H2,1H3. The van der Waals surface area contributed by atoms with Gasteiger partial charge in [-0.2, -0.15) is 11.8 Å². The topological polar surface area (TPSA) is 78.1 Å². The van der Waals surface area contributed by atoms with Crippen LogP contribution in [0, 0.1) is 0 Å². The van der Waals surface area contributed by atoms with E-state index in [2.05, 4.69) is 14.7 Å². The van der Waals surface area contributed by atoms with Gasteiger partial charge in [0.05, 0.1) is 12.9 Å². The van der Waals surface area contributed by atoms with Gasteiger partial charge in [0.25, 0.3) is 0 Å². The molecule has 1 atom stereocenters. The molecule has 2 N–H and O–H groups in total. The third-order valence-electron chi connectivity index (χ3n) is 1.65. The highest BCUT2D eigenvalue weighted by atomic mass is 32.2. The highest BCUT2D eigenvalue weighted by Crippen LogP contribution is 2.08. The summed E-state index contributed by atoms with van der Waals surface area (Å²) >= 11 is 1.51. The second kappa shape index (κ2) is 6.36. The van der Waals surface area contributed by atoms with Crippen LogP contribution in [0.2, 0.25) is 0 Å². The van der Waals surface area contributed by atoms with Crippen molar-refractivity contribution in [1.82, 2.24) is 9.97 Å². The zero-order valence-corrected chi connectivity index (χ0v) is 9.24. The van der Waals surface area contributed by atoms with Crippen LogP contribution in [-0.4, -0.2) is 34.8 Å². The van der Waals surface area contributed by atoms with E-state index in [-0.39, 0.29) is 0 Å². The number of nitrogens with zero attached hydrogens (tertiary/aromatic N) is 2. The number of esters is 1. The van der Waals surface area contributed by atoms with E-state index in [0.717, 1.165) is 5.82 Å². The first-order valence-corrected chi connectivity index (χ1v) is 5.56. The van der Waals surface area contributed by atoms with Gasteiger partial charge in [0.2, 0.25) is 0 Å². The summed E-state index contributed by atoms with van der Waals surface area (Å²) in [7, 11) is 1.33. The lowest BCUT2D eigenvalue weighted by molar-refractivity contribution is -0.141. The molecule has 15 heavy (non-hydrogen) atoms. The normalized spacial score (nSPS) is 12.1. The van der Waals surface area contributed by atoms with Crippen molar-refractivity contribution in [3.63, 3.8) is 0 Å². The van der Waals surface area contributed by atoms with Crippen LogP contribution in [0.15, 0.2) is 18.5 Å². The van der Waals surface area contributed by atoms with E-state index in [0.29, 0.717) is 11.5 Å². The molecule has 0 aliphatic carbocycles. The average molecular weight is 227 g/mol. The van der Waals surface area contributed by atoms with E-state index in [1.54, 1.807) is 18.5 Å².